The van der Waals surface area contributed by atoms with Crippen molar-refractivity contribution in [2.24, 2.45) is 0 Å². The highest BCUT2D eigenvalue weighted by molar-refractivity contribution is 7.12. The van der Waals surface area contributed by atoms with Gasteiger partial charge in [-0.25, -0.2) is 0 Å². The van der Waals surface area contributed by atoms with E-state index in [1.165, 1.54) is 10.4 Å². The van der Waals surface area contributed by atoms with Gasteiger partial charge in [0.2, 0.25) is 0 Å². The van der Waals surface area contributed by atoms with E-state index >= 15 is 0 Å². The first kappa shape index (κ1) is 10.1. The summed E-state index contributed by atoms with van der Waals surface area (Å²) in [6, 6.07) is 14.2. The summed E-state index contributed by atoms with van der Waals surface area (Å²) in [5, 5.41) is 8.92. The molecule has 0 aliphatic carbocycles. The molecule has 0 fully saturated rings. The minimum atomic E-state index is 0.129. The van der Waals surface area contributed by atoms with Crippen molar-refractivity contribution < 1.29 is 5.11 Å². The molecule has 0 bridgehead atoms. The smallest absolute Gasteiger partial charge is 0.0774 e. The Morgan fingerprint density at radius 2 is 1.80 bits per heavy atom. The van der Waals surface area contributed by atoms with E-state index < -0.39 is 0 Å². The molecule has 0 spiro atoms. The van der Waals surface area contributed by atoms with Crippen LogP contribution in [0.4, 0.5) is 0 Å². The maximum Gasteiger partial charge on any atom is 0.0774 e. The Bertz CT molecular complexity index is 443. The third-order valence-electron chi connectivity index (χ3n) is 2.08. The molecule has 2 heteroatoms. The van der Waals surface area contributed by atoms with Gasteiger partial charge >= 0.3 is 0 Å². The van der Waals surface area contributed by atoms with Gasteiger partial charge in [0.1, 0.15) is 0 Å². The van der Waals surface area contributed by atoms with Gasteiger partial charge in [0.25, 0.3) is 0 Å². The van der Waals surface area contributed by atoms with Gasteiger partial charge in [0, 0.05) is 9.75 Å². The lowest BCUT2D eigenvalue weighted by atomic mass is 10.2. The van der Waals surface area contributed by atoms with E-state index in [1.54, 1.807) is 11.3 Å². The van der Waals surface area contributed by atoms with Crippen LogP contribution in [-0.4, -0.2) is 5.11 Å². The zero-order valence-corrected chi connectivity index (χ0v) is 9.08. The van der Waals surface area contributed by atoms with Crippen molar-refractivity contribution in [2.75, 3.05) is 0 Å². The Kier molecular flexibility index (Phi) is 3.33. The van der Waals surface area contributed by atoms with E-state index in [-0.39, 0.29) is 6.61 Å². The molecule has 0 atom stereocenters. The van der Waals surface area contributed by atoms with Crippen LogP contribution in [0.5, 0.6) is 0 Å². The van der Waals surface area contributed by atoms with Crippen molar-refractivity contribution in [3.8, 4) is 0 Å². The molecule has 1 heterocycles. The van der Waals surface area contributed by atoms with Crippen molar-refractivity contribution in [1.29, 1.82) is 0 Å². The molecular formula is C13H12OS. The zero-order chi connectivity index (χ0) is 10.5. The molecule has 0 saturated heterocycles. The second-order valence-corrected chi connectivity index (χ2v) is 4.41. The Labute approximate surface area is 93.3 Å². The van der Waals surface area contributed by atoms with Crippen LogP contribution in [-0.2, 0) is 6.61 Å². The molecule has 0 amide bonds. The number of hydrogen-bond acceptors (Lipinski definition) is 2. The predicted molar refractivity (Wildman–Crippen MR) is 65.6 cm³/mol. The van der Waals surface area contributed by atoms with E-state index in [4.69, 9.17) is 5.11 Å². The molecule has 2 rings (SSSR count). The molecule has 0 unspecified atom stereocenters. The molecule has 0 radical (unpaired) electrons. The van der Waals surface area contributed by atoms with Crippen LogP contribution in [0.3, 0.4) is 0 Å². The normalized spacial score (nSPS) is 11.0. The number of thiophene rings is 1. The summed E-state index contributed by atoms with van der Waals surface area (Å²) in [5.41, 5.74) is 1.19. The quantitative estimate of drug-likeness (QED) is 0.833. The summed E-state index contributed by atoms with van der Waals surface area (Å²) >= 11 is 1.62. The van der Waals surface area contributed by atoms with Crippen molar-refractivity contribution >= 4 is 23.5 Å². The molecule has 0 aliphatic rings. The summed E-state index contributed by atoms with van der Waals surface area (Å²) in [5.74, 6) is 0. The fourth-order valence-electron chi connectivity index (χ4n) is 1.31. The lowest BCUT2D eigenvalue weighted by Gasteiger charge is -1.90. The SMILES string of the molecule is OCc1ccc(C=Cc2ccccc2)s1. The van der Waals surface area contributed by atoms with Crippen molar-refractivity contribution in [2.45, 2.75) is 6.61 Å². The fraction of sp³-hybridized carbons (Fsp3) is 0.0769. The number of aliphatic hydroxyl groups is 1. The molecule has 1 nitrogen and oxygen atoms in total. The first-order chi connectivity index (χ1) is 7.38. The number of rotatable bonds is 3. The summed E-state index contributed by atoms with van der Waals surface area (Å²) in [6.07, 6.45) is 4.14. The summed E-state index contributed by atoms with van der Waals surface area (Å²) in [6.45, 7) is 0.129. The lowest BCUT2D eigenvalue weighted by molar-refractivity contribution is 0.285. The van der Waals surface area contributed by atoms with E-state index in [0.29, 0.717) is 0 Å². The Morgan fingerprint density at radius 3 is 2.47 bits per heavy atom. The number of benzene rings is 1. The summed E-state index contributed by atoms with van der Waals surface area (Å²) < 4.78 is 0. The topological polar surface area (TPSA) is 20.2 Å². The van der Waals surface area contributed by atoms with Gasteiger partial charge < -0.3 is 5.11 Å². The molecule has 1 aromatic carbocycles. The van der Waals surface area contributed by atoms with E-state index in [2.05, 4.69) is 24.3 Å². The molecule has 0 saturated carbocycles. The molecule has 76 valence electrons. The van der Waals surface area contributed by atoms with E-state index in [1.807, 2.05) is 30.3 Å². The Balaban J connectivity index is 2.11. The van der Waals surface area contributed by atoms with Crippen LogP contribution >= 0.6 is 11.3 Å². The summed E-state index contributed by atoms with van der Waals surface area (Å²) in [7, 11) is 0. The monoisotopic (exact) mass is 216 g/mol. The minimum Gasteiger partial charge on any atom is -0.391 e. The number of hydrogen-bond donors (Lipinski definition) is 1. The Hall–Kier alpha value is -1.38. The first-order valence-corrected chi connectivity index (χ1v) is 5.63. The fourth-order valence-corrected chi connectivity index (χ4v) is 2.09. The van der Waals surface area contributed by atoms with Gasteiger partial charge in [-0.3, -0.25) is 0 Å². The standard InChI is InChI=1S/C13H12OS/c14-10-13-9-8-12(15-13)7-6-11-4-2-1-3-5-11/h1-9,14H,10H2. The van der Waals surface area contributed by atoms with Crippen molar-refractivity contribution in [1.82, 2.24) is 0 Å². The second kappa shape index (κ2) is 4.91. The summed E-state index contributed by atoms with van der Waals surface area (Å²) in [4.78, 5) is 2.17. The van der Waals surface area contributed by atoms with Gasteiger partial charge in [-0.1, -0.05) is 36.4 Å². The molecule has 15 heavy (non-hydrogen) atoms. The van der Waals surface area contributed by atoms with Crippen LogP contribution in [0.1, 0.15) is 15.3 Å². The van der Waals surface area contributed by atoms with Gasteiger partial charge in [-0.2, -0.15) is 0 Å². The third kappa shape index (κ3) is 2.78. The molecule has 0 aliphatic heterocycles. The maximum atomic E-state index is 8.92. The van der Waals surface area contributed by atoms with Crippen LogP contribution in [0.25, 0.3) is 12.2 Å². The molecule has 1 aromatic heterocycles. The number of aliphatic hydroxyl groups excluding tert-OH is 1. The Morgan fingerprint density at radius 1 is 1.00 bits per heavy atom. The third-order valence-corrected chi connectivity index (χ3v) is 3.11. The predicted octanol–water partition coefficient (Wildman–Crippen LogP) is 3.41. The van der Waals surface area contributed by atoms with Gasteiger partial charge in [-0.05, 0) is 23.8 Å². The van der Waals surface area contributed by atoms with Crippen molar-refractivity contribution in [3.05, 3.63) is 57.8 Å². The van der Waals surface area contributed by atoms with Crippen LogP contribution in [0, 0.1) is 0 Å². The largest absolute Gasteiger partial charge is 0.391 e. The van der Waals surface area contributed by atoms with E-state index in [9.17, 15) is 0 Å². The highest BCUT2D eigenvalue weighted by Gasteiger charge is 1.94. The minimum absolute atomic E-state index is 0.129. The van der Waals surface area contributed by atoms with Crippen LogP contribution in [0.15, 0.2) is 42.5 Å². The molecule has 2 aromatic rings. The average molecular weight is 216 g/mol. The second-order valence-electron chi connectivity index (χ2n) is 3.21. The van der Waals surface area contributed by atoms with Crippen LogP contribution in [0.2, 0.25) is 0 Å². The lowest BCUT2D eigenvalue weighted by Crippen LogP contribution is -1.70. The highest BCUT2D eigenvalue weighted by atomic mass is 32.1. The maximum absolute atomic E-state index is 8.92. The zero-order valence-electron chi connectivity index (χ0n) is 8.26. The van der Waals surface area contributed by atoms with Gasteiger partial charge in [-0.15, -0.1) is 11.3 Å². The van der Waals surface area contributed by atoms with Gasteiger partial charge in [0.05, 0.1) is 6.61 Å². The van der Waals surface area contributed by atoms with E-state index in [0.717, 1.165) is 4.88 Å². The molecule has 1 N–H and O–H groups in total. The average Bonchev–Trinajstić information content (AvgIpc) is 2.76. The highest BCUT2D eigenvalue weighted by Crippen LogP contribution is 2.18. The molecular weight excluding hydrogens is 204 g/mol. The van der Waals surface area contributed by atoms with Crippen LogP contribution < -0.4 is 0 Å². The van der Waals surface area contributed by atoms with Gasteiger partial charge in [0.15, 0.2) is 0 Å². The first-order valence-electron chi connectivity index (χ1n) is 4.81. The van der Waals surface area contributed by atoms with Crippen molar-refractivity contribution in [3.63, 3.8) is 0 Å².